The minimum atomic E-state index is -0.614. The maximum Gasteiger partial charge on any atom is 0.411 e. The van der Waals surface area contributed by atoms with Crippen LogP contribution in [0.5, 0.6) is 11.5 Å². The number of amides is 1. The largest absolute Gasteiger partial charge is 0.493 e. The van der Waals surface area contributed by atoms with Gasteiger partial charge in [-0.25, -0.2) is 4.79 Å². The summed E-state index contributed by atoms with van der Waals surface area (Å²) in [4.78, 5) is 15.0. The molecule has 0 aromatic heterocycles. The molecule has 0 unspecified atom stereocenters. The molecule has 3 heterocycles. The van der Waals surface area contributed by atoms with Crippen molar-refractivity contribution in [2.45, 2.75) is 76.1 Å². The van der Waals surface area contributed by atoms with Crippen LogP contribution < -0.4 is 14.8 Å². The maximum absolute atomic E-state index is 13.0. The van der Waals surface area contributed by atoms with E-state index in [-0.39, 0.29) is 17.2 Å². The molecule has 6 nitrogen and oxygen atoms in total. The quantitative estimate of drug-likeness (QED) is 0.839. The van der Waals surface area contributed by atoms with Gasteiger partial charge in [0, 0.05) is 30.5 Å². The Kier molecular flexibility index (Phi) is 4.00. The number of nitrogens with zero attached hydrogens (tertiary/aromatic N) is 1. The zero-order valence-electron chi connectivity index (χ0n) is 18.1. The minimum absolute atomic E-state index is 0.158. The van der Waals surface area contributed by atoms with Gasteiger partial charge in [-0.1, -0.05) is 0 Å². The molecular formula is C22H32N2O4. The van der Waals surface area contributed by atoms with Crippen molar-refractivity contribution in [1.29, 1.82) is 0 Å². The van der Waals surface area contributed by atoms with Crippen molar-refractivity contribution in [3.63, 3.8) is 0 Å². The average Bonchev–Trinajstić information content (AvgIpc) is 2.77. The Bertz CT molecular complexity index is 816. The molecule has 4 rings (SSSR count). The van der Waals surface area contributed by atoms with Gasteiger partial charge in [0.1, 0.15) is 11.1 Å². The molecule has 154 valence electrons. The molecular weight excluding hydrogens is 356 g/mol. The lowest BCUT2D eigenvalue weighted by Crippen LogP contribution is -2.69. The molecule has 1 N–H and O–H groups in total. The molecule has 0 aliphatic carbocycles. The second kappa shape index (κ2) is 5.78. The van der Waals surface area contributed by atoms with Crippen molar-refractivity contribution in [3.05, 3.63) is 23.3 Å². The van der Waals surface area contributed by atoms with Crippen LogP contribution in [0.1, 0.15) is 58.6 Å². The summed E-state index contributed by atoms with van der Waals surface area (Å²) in [6.07, 6.45) is 2.06. The van der Waals surface area contributed by atoms with Gasteiger partial charge in [-0.3, -0.25) is 4.90 Å². The predicted molar refractivity (Wildman–Crippen MR) is 107 cm³/mol. The number of carbonyl (C=O) groups excluding carboxylic acids is 1. The van der Waals surface area contributed by atoms with Crippen LogP contribution in [0.15, 0.2) is 12.1 Å². The Hall–Kier alpha value is -1.95. The lowest BCUT2D eigenvalue weighted by molar-refractivity contribution is -0.0907. The van der Waals surface area contributed by atoms with Gasteiger partial charge >= 0.3 is 6.09 Å². The first-order valence-electron chi connectivity index (χ1n) is 10.0. The van der Waals surface area contributed by atoms with Crippen LogP contribution in [-0.2, 0) is 16.7 Å². The fourth-order valence-corrected chi connectivity index (χ4v) is 6.18. The SMILES string of the molecule is COc1cc2c(cc1OC)[C@]1(C)N(CC2)C(=O)OC12CC(C)(C)NC(C)(C)C2. The highest BCUT2D eigenvalue weighted by molar-refractivity contribution is 5.75. The van der Waals surface area contributed by atoms with Gasteiger partial charge < -0.3 is 19.5 Å². The fraction of sp³-hybridized carbons (Fsp3) is 0.682. The molecule has 2 fully saturated rings. The van der Waals surface area contributed by atoms with Gasteiger partial charge in [0.15, 0.2) is 11.5 Å². The van der Waals surface area contributed by atoms with E-state index in [9.17, 15) is 4.79 Å². The number of rotatable bonds is 2. The average molecular weight is 389 g/mol. The molecule has 1 aromatic carbocycles. The number of piperidine rings is 1. The summed E-state index contributed by atoms with van der Waals surface area (Å²) in [5.41, 5.74) is 0.814. The number of carbonyl (C=O) groups is 1. The van der Waals surface area contributed by atoms with Gasteiger partial charge in [0.2, 0.25) is 0 Å². The molecule has 0 radical (unpaired) electrons. The standard InChI is InChI=1S/C22H32N2O4/c1-19(2)12-22(13-20(3,4)23-19)21(5)15-11-17(27-7)16(26-6)10-14(15)8-9-24(21)18(25)28-22/h10-11,23H,8-9,12-13H2,1-7H3/t21-/m0/s1. The summed E-state index contributed by atoms with van der Waals surface area (Å²) in [6, 6.07) is 4.11. The van der Waals surface area contributed by atoms with Gasteiger partial charge in [-0.15, -0.1) is 0 Å². The van der Waals surface area contributed by atoms with Crippen LogP contribution in [-0.4, -0.2) is 48.4 Å². The molecule has 0 bridgehead atoms. The van der Waals surface area contributed by atoms with Gasteiger partial charge in [0.25, 0.3) is 0 Å². The molecule has 2 saturated heterocycles. The summed E-state index contributed by atoms with van der Waals surface area (Å²) in [5, 5.41) is 3.72. The highest BCUT2D eigenvalue weighted by Gasteiger charge is 2.68. The first kappa shape index (κ1) is 19.4. The Morgan fingerprint density at radius 3 is 2.14 bits per heavy atom. The Morgan fingerprint density at radius 1 is 1.00 bits per heavy atom. The minimum Gasteiger partial charge on any atom is -0.493 e. The normalized spacial score (nSPS) is 29.1. The number of nitrogens with one attached hydrogen (secondary N) is 1. The Labute approximate surface area is 167 Å². The molecule has 6 heteroatoms. The summed E-state index contributed by atoms with van der Waals surface area (Å²) >= 11 is 0. The van der Waals surface area contributed by atoms with Crippen LogP contribution in [0, 0.1) is 0 Å². The maximum atomic E-state index is 13.0. The van der Waals surface area contributed by atoms with Crippen molar-refractivity contribution in [2.75, 3.05) is 20.8 Å². The van der Waals surface area contributed by atoms with Crippen molar-refractivity contribution >= 4 is 6.09 Å². The van der Waals surface area contributed by atoms with Crippen molar-refractivity contribution in [1.82, 2.24) is 10.2 Å². The summed E-state index contributed by atoms with van der Waals surface area (Å²) < 4.78 is 17.4. The number of methoxy groups -OCH3 is 2. The number of hydrogen-bond acceptors (Lipinski definition) is 5. The lowest BCUT2D eigenvalue weighted by Gasteiger charge is -2.57. The lowest BCUT2D eigenvalue weighted by atomic mass is 9.61. The van der Waals surface area contributed by atoms with Crippen molar-refractivity contribution < 1.29 is 19.0 Å². The van der Waals surface area contributed by atoms with E-state index in [1.165, 1.54) is 5.56 Å². The zero-order valence-corrected chi connectivity index (χ0v) is 18.1. The van der Waals surface area contributed by atoms with E-state index >= 15 is 0 Å². The predicted octanol–water partition coefficient (Wildman–Crippen LogP) is 3.61. The molecule has 3 aliphatic rings. The summed E-state index contributed by atoms with van der Waals surface area (Å²) in [5.74, 6) is 1.41. The van der Waals surface area contributed by atoms with Crippen molar-refractivity contribution in [2.24, 2.45) is 0 Å². The molecule has 1 aromatic rings. The number of hydrogen-bond donors (Lipinski definition) is 1. The van der Waals surface area contributed by atoms with E-state index in [4.69, 9.17) is 14.2 Å². The third kappa shape index (κ3) is 2.53. The van der Waals surface area contributed by atoms with E-state index < -0.39 is 11.1 Å². The van der Waals surface area contributed by atoms with Crippen LogP contribution in [0.4, 0.5) is 4.79 Å². The summed E-state index contributed by atoms with van der Waals surface area (Å²) in [7, 11) is 3.30. The van der Waals surface area contributed by atoms with Crippen LogP contribution in [0.25, 0.3) is 0 Å². The second-order valence-corrected chi connectivity index (χ2v) is 9.95. The van der Waals surface area contributed by atoms with Crippen LogP contribution >= 0.6 is 0 Å². The fourth-order valence-electron chi connectivity index (χ4n) is 6.18. The van der Waals surface area contributed by atoms with Gasteiger partial charge in [0.05, 0.1) is 14.2 Å². The van der Waals surface area contributed by atoms with E-state index in [1.807, 2.05) is 11.0 Å². The Morgan fingerprint density at radius 2 is 1.57 bits per heavy atom. The van der Waals surface area contributed by atoms with Crippen LogP contribution in [0.3, 0.4) is 0 Å². The molecule has 0 saturated carbocycles. The van der Waals surface area contributed by atoms with E-state index in [1.54, 1.807) is 14.2 Å². The third-order valence-corrected chi connectivity index (χ3v) is 6.80. The van der Waals surface area contributed by atoms with Gasteiger partial charge in [-0.2, -0.15) is 0 Å². The second-order valence-electron chi connectivity index (χ2n) is 9.95. The topological polar surface area (TPSA) is 60.0 Å². The zero-order chi connectivity index (χ0) is 20.5. The molecule has 1 atom stereocenters. The summed E-state index contributed by atoms with van der Waals surface area (Å²) in [6.45, 7) is 11.6. The first-order valence-corrected chi connectivity index (χ1v) is 10.0. The Balaban J connectivity index is 1.94. The number of ether oxygens (including phenoxy) is 3. The van der Waals surface area contributed by atoms with E-state index in [0.29, 0.717) is 12.3 Å². The molecule has 3 aliphatic heterocycles. The monoisotopic (exact) mass is 388 g/mol. The highest BCUT2D eigenvalue weighted by atomic mass is 16.6. The van der Waals surface area contributed by atoms with E-state index in [0.717, 1.165) is 30.6 Å². The molecule has 28 heavy (non-hydrogen) atoms. The van der Waals surface area contributed by atoms with E-state index in [2.05, 4.69) is 46.0 Å². The molecule has 1 amide bonds. The third-order valence-electron chi connectivity index (χ3n) is 6.80. The molecule has 1 spiro atoms. The van der Waals surface area contributed by atoms with Crippen molar-refractivity contribution in [3.8, 4) is 11.5 Å². The first-order chi connectivity index (χ1) is 13.0. The smallest absolute Gasteiger partial charge is 0.411 e. The highest BCUT2D eigenvalue weighted by Crippen LogP contribution is 2.58. The number of fused-ring (bicyclic) bond motifs is 4. The van der Waals surface area contributed by atoms with Crippen LogP contribution in [0.2, 0.25) is 0 Å². The van der Waals surface area contributed by atoms with Gasteiger partial charge in [-0.05, 0) is 64.3 Å². The number of benzene rings is 1.